The number of hydrogen-bond acceptors (Lipinski definition) is 7. The van der Waals surface area contributed by atoms with E-state index in [1.165, 1.54) is 0 Å². The molecule has 16 heteroatoms. The average molecular weight is 583 g/mol. The van der Waals surface area contributed by atoms with Crippen LogP contribution < -0.4 is 27.4 Å². The Kier molecular flexibility index (Phi) is 7.02. The molecule has 4 rings (SSSR count). The molecule has 0 bridgehead atoms. The van der Waals surface area contributed by atoms with Gasteiger partial charge in [-0.2, -0.15) is 17.6 Å². The molecule has 0 saturated carbocycles. The lowest BCUT2D eigenvalue weighted by Gasteiger charge is -2.32. The number of benzene rings is 1. The standard InChI is InChI=1S/C25H22F5N5O6/c1-7-12(8-4-5-9(26)15(27)19(8)40-3)20(41-24(7,2)25(28,29)30)10-6-11(36)13-16(34-10)14(21(31)37)18(23(33)39)35-17(13)22(32)38/h4-7,12,20H,1-3H3,(H2,31,37)(H2,32,38)(H2,33,39)(H,34,36)/t7-,12-,20-,24+/m0/s1. The van der Waals surface area contributed by atoms with E-state index in [1.807, 2.05) is 0 Å². The highest BCUT2D eigenvalue weighted by Gasteiger charge is 2.65. The van der Waals surface area contributed by atoms with Crippen LogP contribution >= 0.6 is 0 Å². The highest BCUT2D eigenvalue weighted by molar-refractivity contribution is 6.16. The Morgan fingerprint density at radius 1 is 1.07 bits per heavy atom. The molecule has 0 spiro atoms. The fourth-order valence-corrected chi connectivity index (χ4v) is 5.17. The molecule has 0 radical (unpaired) electrons. The van der Waals surface area contributed by atoms with Gasteiger partial charge in [0.2, 0.25) is 5.82 Å². The largest absolute Gasteiger partial charge is 0.493 e. The molecule has 3 amide bonds. The molecule has 41 heavy (non-hydrogen) atoms. The number of ether oxygens (including phenoxy) is 2. The number of nitrogens with zero attached hydrogens (tertiary/aromatic N) is 1. The van der Waals surface area contributed by atoms with Crippen molar-refractivity contribution in [2.45, 2.75) is 37.6 Å². The van der Waals surface area contributed by atoms with E-state index in [4.69, 9.17) is 26.7 Å². The van der Waals surface area contributed by atoms with E-state index in [2.05, 4.69) is 9.97 Å². The van der Waals surface area contributed by atoms with Crippen LogP contribution in [0.3, 0.4) is 0 Å². The summed E-state index contributed by atoms with van der Waals surface area (Å²) >= 11 is 0. The summed E-state index contributed by atoms with van der Waals surface area (Å²) in [5, 5.41) is -0.605. The van der Waals surface area contributed by atoms with E-state index in [9.17, 15) is 41.1 Å². The minimum absolute atomic E-state index is 0.224. The molecule has 0 unspecified atom stereocenters. The zero-order valence-electron chi connectivity index (χ0n) is 21.5. The van der Waals surface area contributed by atoms with Crippen molar-refractivity contribution in [3.63, 3.8) is 0 Å². The first-order valence-corrected chi connectivity index (χ1v) is 11.7. The lowest BCUT2D eigenvalue weighted by atomic mass is 9.76. The number of fused-ring (bicyclic) bond motifs is 1. The first-order valence-electron chi connectivity index (χ1n) is 11.7. The minimum atomic E-state index is -5.00. The number of aromatic nitrogens is 2. The van der Waals surface area contributed by atoms with Crippen LogP contribution in [0.5, 0.6) is 5.75 Å². The van der Waals surface area contributed by atoms with Crippen LogP contribution in [0.15, 0.2) is 23.0 Å². The Balaban J connectivity index is 2.11. The smallest absolute Gasteiger partial charge is 0.417 e. The maximum atomic E-state index is 14.7. The molecular formula is C25H22F5N5O6. The molecule has 1 aliphatic heterocycles. The van der Waals surface area contributed by atoms with Gasteiger partial charge in [0.15, 0.2) is 22.6 Å². The fourth-order valence-electron chi connectivity index (χ4n) is 5.17. The quantitative estimate of drug-likeness (QED) is 0.320. The van der Waals surface area contributed by atoms with E-state index in [0.717, 1.165) is 33.1 Å². The zero-order chi connectivity index (χ0) is 30.8. The number of aromatic amines is 1. The first-order chi connectivity index (χ1) is 19.0. The molecule has 3 heterocycles. The molecule has 1 aliphatic rings. The van der Waals surface area contributed by atoms with Gasteiger partial charge < -0.3 is 31.7 Å². The summed E-state index contributed by atoms with van der Waals surface area (Å²) in [5.74, 6) is -10.4. The van der Waals surface area contributed by atoms with Crippen LogP contribution in [0.25, 0.3) is 10.9 Å². The number of methoxy groups -OCH3 is 1. The number of primary amides is 3. The van der Waals surface area contributed by atoms with Gasteiger partial charge in [0.05, 0.1) is 23.6 Å². The predicted octanol–water partition coefficient (Wildman–Crippen LogP) is 2.32. The van der Waals surface area contributed by atoms with Crippen molar-refractivity contribution in [2.75, 3.05) is 7.11 Å². The third kappa shape index (κ3) is 4.43. The van der Waals surface area contributed by atoms with Gasteiger partial charge in [-0.05, 0) is 13.0 Å². The Morgan fingerprint density at radius 3 is 2.20 bits per heavy atom. The number of amides is 3. The number of pyridine rings is 2. The molecule has 1 fully saturated rings. The topological polar surface area (TPSA) is 193 Å². The maximum absolute atomic E-state index is 14.7. The van der Waals surface area contributed by atoms with Gasteiger partial charge in [-0.3, -0.25) is 19.2 Å². The van der Waals surface area contributed by atoms with Crippen molar-refractivity contribution in [3.8, 4) is 5.75 Å². The van der Waals surface area contributed by atoms with Crippen LogP contribution in [0.2, 0.25) is 0 Å². The SMILES string of the molecule is COc1c([C@H]2[C@H](c3cc(=O)c4c(C(N)=O)nc(C(N)=O)c(C(N)=O)c4[nH]3)O[C@@](C)(C(F)(F)F)[C@H]2C)ccc(F)c1F. The lowest BCUT2D eigenvalue weighted by molar-refractivity contribution is -0.275. The van der Waals surface area contributed by atoms with Crippen LogP contribution in [0, 0.1) is 17.6 Å². The summed E-state index contributed by atoms with van der Waals surface area (Å²) in [6, 6.07) is 2.48. The third-order valence-electron chi connectivity index (χ3n) is 7.33. The Hall–Kier alpha value is -4.60. The number of nitrogens with two attached hydrogens (primary N) is 3. The highest BCUT2D eigenvalue weighted by Crippen LogP contribution is 2.59. The van der Waals surface area contributed by atoms with Crippen molar-refractivity contribution in [1.82, 2.24) is 9.97 Å². The number of hydrogen-bond donors (Lipinski definition) is 4. The molecule has 1 aromatic carbocycles. The molecular weight excluding hydrogens is 561 g/mol. The summed E-state index contributed by atoms with van der Waals surface area (Å²) in [7, 11) is 0.987. The van der Waals surface area contributed by atoms with Crippen LogP contribution in [-0.4, -0.2) is 46.6 Å². The van der Waals surface area contributed by atoms with Gasteiger partial charge in [-0.1, -0.05) is 13.0 Å². The molecule has 7 N–H and O–H groups in total. The van der Waals surface area contributed by atoms with E-state index >= 15 is 0 Å². The molecule has 11 nitrogen and oxygen atoms in total. The second-order valence-corrected chi connectivity index (χ2v) is 9.56. The van der Waals surface area contributed by atoms with Gasteiger partial charge in [-0.25, -0.2) is 9.37 Å². The predicted molar refractivity (Wildman–Crippen MR) is 131 cm³/mol. The minimum Gasteiger partial charge on any atom is -0.493 e. The van der Waals surface area contributed by atoms with Crippen molar-refractivity contribution < 1.29 is 45.8 Å². The van der Waals surface area contributed by atoms with Crippen molar-refractivity contribution >= 4 is 28.6 Å². The van der Waals surface area contributed by atoms with Crippen LogP contribution in [0.4, 0.5) is 22.0 Å². The maximum Gasteiger partial charge on any atom is 0.417 e. The van der Waals surface area contributed by atoms with E-state index in [-0.39, 0.29) is 5.56 Å². The fraction of sp³-hybridized carbons (Fsp3) is 0.320. The Morgan fingerprint density at radius 2 is 1.68 bits per heavy atom. The zero-order valence-corrected chi connectivity index (χ0v) is 21.5. The lowest BCUT2D eigenvalue weighted by Crippen LogP contribution is -2.46. The molecule has 2 aromatic heterocycles. The van der Waals surface area contributed by atoms with E-state index < -0.39 is 104 Å². The third-order valence-corrected chi connectivity index (χ3v) is 7.33. The van der Waals surface area contributed by atoms with Gasteiger partial charge in [0.1, 0.15) is 17.5 Å². The summed E-state index contributed by atoms with van der Waals surface area (Å²) in [5.41, 5.74) is 8.47. The van der Waals surface area contributed by atoms with Gasteiger partial charge in [0, 0.05) is 29.2 Å². The number of carbonyl (C=O) groups is 3. The van der Waals surface area contributed by atoms with Crippen molar-refractivity contribution in [3.05, 3.63) is 68.3 Å². The molecule has 0 aliphatic carbocycles. The van der Waals surface area contributed by atoms with E-state index in [0.29, 0.717) is 6.07 Å². The number of H-pyrrole nitrogens is 1. The number of carbonyl (C=O) groups excluding carboxylic acids is 3. The first kappa shape index (κ1) is 29.4. The number of nitrogens with one attached hydrogen (secondary N) is 1. The van der Waals surface area contributed by atoms with Crippen molar-refractivity contribution in [2.24, 2.45) is 23.1 Å². The molecule has 218 valence electrons. The Bertz CT molecular complexity index is 1690. The van der Waals surface area contributed by atoms with Crippen LogP contribution in [-0.2, 0) is 4.74 Å². The second-order valence-electron chi connectivity index (χ2n) is 9.56. The van der Waals surface area contributed by atoms with Gasteiger partial charge in [0.25, 0.3) is 17.7 Å². The Labute approximate surface area is 226 Å². The summed E-state index contributed by atoms with van der Waals surface area (Å²) in [4.78, 5) is 56.0. The highest BCUT2D eigenvalue weighted by atomic mass is 19.4. The number of alkyl halides is 3. The second kappa shape index (κ2) is 9.79. The van der Waals surface area contributed by atoms with Gasteiger partial charge >= 0.3 is 6.18 Å². The molecule has 1 saturated heterocycles. The monoisotopic (exact) mass is 583 g/mol. The van der Waals surface area contributed by atoms with Gasteiger partial charge in [-0.15, -0.1) is 0 Å². The molecule has 3 aromatic rings. The molecule has 4 atom stereocenters. The van der Waals surface area contributed by atoms with Crippen LogP contribution in [0.1, 0.15) is 68.5 Å². The number of halogens is 5. The summed E-state index contributed by atoms with van der Waals surface area (Å²) in [6.45, 7) is 1.90. The summed E-state index contributed by atoms with van der Waals surface area (Å²) < 4.78 is 82.3. The number of rotatable bonds is 6. The van der Waals surface area contributed by atoms with E-state index in [1.54, 1.807) is 0 Å². The van der Waals surface area contributed by atoms with Crippen molar-refractivity contribution in [1.29, 1.82) is 0 Å². The normalized spacial score (nSPS) is 22.6. The summed E-state index contributed by atoms with van der Waals surface area (Å²) in [6.07, 6.45) is -6.74. The average Bonchev–Trinajstić information content (AvgIpc) is 3.15.